The van der Waals surface area contributed by atoms with Crippen LogP contribution in [0.25, 0.3) is 0 Å². The highest BCUT2D eigenvalue weighted by molar-refractivity contribution is 9.10. The number of hydrogen-bond donors (Lipinski definition) is 2. The van der Waals surface area contributed by atoms with Crippen molar-refractivity contribution in [3.63, 3.8) is 0 Å². The van der Waals surface area contributed by atoms with Crippen molar-refractivity contribution in [3.05, 3.63) is 49.6 Å². The van der Waals surface area contributed by atoms with Crippen LogP contribution in [0.4, 0.5) is 5.69 Å². The molecule has 1 amide bonds. The summed E-state index contributed by atoms with van der Waals surface area (Å²) in [5, 5.41) is 5.24. The Morgan fingerprint density at radius 3 is 2.83 bits per heavy atom. The average Bonchev–Trinajstić information content (AvgIpc) is 2.70. The Morgan fingerprint density at radius 2 is 2.22 bits per heavy atom. The molecule has 2 aromatic rings. The molecular formula is C12H10BrClN2OS. The van der Waals surface area contributed by atoms with Crippen molar-refractivity contribution in [2.75, 3.05) is 5.73 Å². The van der Waals surface area contributed by atoms with Gasteiger partial charge < -0.3 is 11.1 Å². The van der Waals surface area contributed by atoms with Gasteiger partial charge >= 0.3 is 0 Å². The topological polar surface area (TPSA) is 55.1 Å². The molecule has 6 heteroatoms. The van der Waals surface area contributed by atoms with E-state index in [0.717, 1.165) is 9.35 Å². The van der Waals surface area contributed by atoms with Crippen LogP contribution in [0.5, 0.6) is 0 Å². The van der Waals surface area contributed by atoms with E-state index in [1.165, 1.54) is 0 Å². The molecule has 0 unspecified atom stereocenters. The van der Waals surface area contributed by atoms with E-state index >= 15 is 0 Å². The Morgan fingerprint density at radius 1 is 1.44 bits per heavy atom. The second kappa shape index (κ2) is 5.73. The first-order chi connectivity index (χ1) is 8.56. The summed E-state index contributed by atoms with van der Waals surface area (Å²) >= 11 is 10.8. The lowest BCUT2D eigenvalue weighted by Crippen LogP contribution is -2.22. The second-order valence-corrected chi connectivity index (χ2v) is 5.94. The van der Waals surface area contributed by atoms with Crippen LogP contribution >= 0.6 is 38.9 Å². The van der Waals surface area contributed by atoms with E-state index in [9.17, 15) is 4.79 Å². The number of nitrogen functional groups attached to an aromatic ring is 1. The maximum absolute atomic E-state index is 11.9. The van der Waals surface area contributed by atoms with E-state index in [4.69, 9.17) is 17.3 Å². The molecule has 0 atom stereocenters. The number of rotatable bonds is 3. The van der Waals surface area contributed by atoms with E-state index < -0.39 is 0 Å². The number of amides is 1. The number of nitrogens with two attached hydrogens (primary N) is 1. The Hall–Kier alpha value is -1.04. The summed E-state index contributed by atoms with van der Waals surface area (Å²) < 4.78 is 0.999. The van der Waals surface area contributed by atoms with Gasteiger partial charge in [0.2, 0.25) is 0 Å². The van der Waals surface area contributed by atoms with Crippen LogP contribution in [0.1, 0.15) is 15.2 Å². The summed E-state index contributed by atoms with van der Waals surface area (Å²) in [6.45, 7) is 0.476. The van der Waals surface area contributed by atoms with Crippen LogP contribution in [0.3, 0.4) is 0 Å². The molecule has 0 aliphatic carbocycles. The number of thiophene rings is 1. The maximum Gasteiger partial charge on any atom is 0.251 e. The zero-order valence-corrected chi connectivity index (χ0v) is 12.4. The molecule has 1 aromatic carbocycles. The fraction of sp³-hybridized carbons (Fsp3) is 0.0833. The van der Waals surface area contributed by atoms with Gasteiger partial charge in [-0.25, -0.2) is 0 Å². The van der Waals surface area contributed by atoms with E-state index in [2.05, 4.69) is 21.2 Å². The third kappa shape index (κ3) is 3.25. The SMILES string of the molecule is Nc1cc(Cl)cc(C(=O)NCc2sccc2Br)c1. The molecule has 1 aromatic heterocycles. The Kier molecular flexibility index (Phi) is 4.27. The van der Waals surface area contributed by atoms with Gasteiger partial charge in [0, 0.05) is 25.6 Å². The highest BCUT2D eigenvalue weighted by atomic mass is 79.9. The van der Waals surface area contributed by atoms with Crippen molar-refractivity contribution < 1.29 is 4.79 Å². The first-order valence-electron chi connectivity index (χ1n) is 5.12. The van der Waals surface area contributed by atoms with Crippen LogP contribution in [0.15, 0.2) is 34.1 Å². The molecule has 0 aliphatic heterocycles. The van der Waals surface area contributed by atoms with Gasteiger partial charge in [0.1, 0.15) is 0 Å². The van der Waals surface area contributed by atoms with Gasteiger partial charge in [-0.3, -0.25) is 4.79 Å². The highest BCUT2D eigenvalue weighted by Crippen LogP contribution is 2.22. The van der Waals surface area contributed by atoms with Gasteiger partial charge in [0.25, 0.3) is 5.91 Å². The molecule has 0 spiro atoms. The number of carbonyl (C=O) groups excluding carboxylic acids is 1. The normalized spacial score (nSPS) is 10.3. The Bertz CT molecular complexity index is 565. The number of carbonyl (C=O) groups is 1. The summed E-state index contributed by atoms with van der Waals surface area (Å²) in [6, 6.07) is 6.75. The molecule has 0 saturated heterocycles. The predicted octanol–water partition coefficient (Wildman–Crippen LogP) is 3.68. The maximum atomic E-state index is 11.9. The minimum atomic E-state index is -0.190. The number of anilines is 1. The highest BCUT2D eigenvalue weighted by Gasteiger charge is 2.08. The first kappa shape index (κ1) is 13.4. The van der Waals surface area contributed by atoms with Crippen LogP contribution in [0, 0.1) is 0 Å². The molecular weight excluding hydrogens is 336 g/mol. The lowest BCUT2D eigenvalue weighted by atomic mass is 10.2. The van der Waals surface area contributed by atoms with Crippen molar-refractivity contribution in [3.8, 4) is 0 Å². The Balaban J connectivity index is 2.06. The molecule has 0 fully saturated rings. The standard InChI is InChI=1S/C12H10BrClN2OS/c13-10-1-2-18-11(10)6-16-12(17)7-3-8(14)5-9(15)4-7/h1-5H,6,15H2,(H,16,17). The van der Waals surface area contributed by atoms with Gasteiger partial charge in [-0.2, -0.15) is 0 Å². The quantitative estimate of drug-likeness (QED) is 0.834. The van der Waals surface area contributed by atoms with Crippen molar-refractivity contribution in [2.45, 2.75) is 6.54 Å². The van der Waals surface area contributed by atoms with Crippen LogP contribution in [-0.4, -0.2) is 5.91 Å². The van der Waals surface area contributed by atoms with Gasteiger partial charge in [0.15, 0.2) is 0 Å². The van der Waals surface area contributed by atoms with E-state index in [0.29, 0.717) is 22.8 Å². The van der Waals surface area contributed by atoms with Gasteiger partial charge in [-0.15, -0.1) is 11.3 Å². The van der Waals surface area contributed by atoms with Crippen molar-refractivity contribution in [1.29, 1.82) is 0 Å². The van der Waals surface area contributed by atoms with Crippen LogP contribution in [0.2, 0.25) is 5.02 Å². The van der Waals surface area contributed by atoms with Crippen LogP contribution in [-0.2, 0) is 6.54 Å². The summed E-state index contributed by atoms with van der Waals surface area (Å²) in [7, 11) is 0. The van der Waals surface area contributed by atoms with E-state index in [-0.39, 0.29) is 5.91 Å². The number of nitrogens with one attached hydrogen (secondary N) is 1. The number of hydrogen-bond acceptors (Lipinski definition) is 3. The van der Waals surface area contributed by atoms with Crippen molar-refractivity contribution >= 4 is 50.5 Å². The molecule has 0 bridgehead atoms. The lowest BCUT2D eigenvalue weighted by molar-refractivity contribution is 0.0951. The summed E-state index contributed by atoms with van der Waals surface area (Å²) in [6.07, 6.45) is 0. The molecule has 0 radical (unpaired) electrons. The molecule has 1 heterocycles. The largest absolute Gasteiger partial charge is 0.399 e. The Labute approximate surface area is 122 Å². The van der Waals surface area contributed by atoms with Gasteiger partial charge in [-0.05, 0) is 45.6 Å². The smallest absolute Gasteiger partial charge is 0.251 e. The lowest BCUT2D eigenvalue weighted by Gasteiger charge is -2.06. The molecule has 3 nitrogen and oxygen atoms in total. The van der Waals surface area contributed by atoms with Gasteiger partial charge in [0.05, 0.1) is 6.54 Å². The first-order valence-corrected chi connectivity index (χ1v) is 7.17. The fourth-order valence-corrected chi connectivity index (χ4v) is 3.13. The second-order valence-electron chi connectivity index (χ2n) is 3.65. The predicted molar refractivity (Wildman–Crippen MR) is 79.1 cm³/mol. The van der Waals surface area contributed by atoms with E-state index in [1.807, 2.05) is 11.4 Å². The third-order valence-electron chi connectivity index (χ3n) is 2.28. The van der Waals surface area contributed by atoms with E-state index in [1.54, 1.807) is 29.5 Å². The zero-order chi connectivity index (χ0) is 13.1. The molecule has 2 rings (SSSR count). The monoisotopic (exact) mass is 344 g/mol. The molecule has 94 valence electrons. The van der Waals surface area contributed by atoms with Crippen molar-refractivity contribution in [1.82, 2.24) is 5.32 Å². The van der Waals surface area contributed by atoms with Crippen LogP contribution < -0.4 is 11.1 Å². The number of halogens is 2. The summed E-state index contributed by atoms with van der Waals surface area (Å²) in [5.74, 6) is -0.190. The zero-order valence-electron chi connectivity index (χ0n) is 9.24. The molecule has 0 aliphatic rings. The molecule has 0 saturated carbocycles. The van der Waals surface area contributed by atoms with Crippen molar-refractivity contribution in [2.24, 2.45) is 0 Å². The minimum absolute atomic E-state index is 0.190. The molecule has 3 N–H and O–H groups in total. The third-order valence-corrected chi connectivity index (χ3v) is 4.43. The summed E-state index contributed by atoms with van der Waals surface area (Å²) in [4.78, 5) is 13.0. The minimum Gasteiger partial charge on any atom is -0.399 e. The van der Waals surface area contributed by atoms with Gasteiger partial charge in [-0.1, -0.05) is 11.6 Å². The molecule has 18 heavy (non-hydrogen) atoms. The summed E-state index contributed by atoms with van der Waals surface area (Å²) in [5.41, 5.74) is 6.58. The fourth-order valence-electron chi connectivity index (χ4n) is 1.46. The number of benzene rings is 1. The average molecular weight is 346 g/mol.